The molecule has 1 saturated carbocycles. The summed E-state index contributed by atoms with van der Waals surface area (Å²) in [5, 5.41) is 9.36. The van der Waals surface area contributed by atoms with Crippen LogP contribution in [0.1, 0.15) is 34.8 Å². The van der Waals surface area contributed by atoms with Gasteiger partial charge in [0.1, 0.15) is 0 Å². The minimum atomic E-state index is -0.141. The molecule has 0 saturated heterocycles. The fraction of sp³-hybridized carbons (Fsp3) is 0.316. The van der Waals surface area contributed by atoms with E-state index in [-0.39, 0.29) is 17.6 Å². The number of nitrogens with zero attached hydrogens (tertiary/aromatic N) is 3. The van der Waals surface area contributed by atoms with Gasteiger partial charge in [-0.1, -0.05) is 23.8 Å². The molecular weight excluding hydrogens is 348 g/mol. The quantitative estimate of drug-likeness (QED) is 0.727. The number of rotatable bonds is 6. The van der Waals surface area contributed by atoms with E-state index in [1.165, 1.54) is 4.68 Å². The van der Waals surface area contributed by atoms with Crippen molar-refractivity contribution in [3.63, 3.8) is 0 Å². The average Bonchev–Trinajstić information content (AvgIpc) is 3.21. The van der Waals surface area contributed by atoms with Crippen LogP contribution >= 0.6 is 11.3 Å². The van der Waals surface area contributed by atoms with Gasteiger partial charge in [-0.25, -0.2) is 9.48 Å². The predicted octanol–water partition coefficient (Wildman–Crippen LogP) is 2.85. The van der Waals surface area contributed by atoms with Crippen molar-refractivity contribution in [2.24, 2.45) is 0 Å². The first-order chi connectivity index (χ1) is 12.6. The van der Waals surface area contributed by atoms with Crippen molar-refractivity contribution >= 4 is 17.2 Å². The van der Waals surface area contributed by atoms with Gasteiger partial charge in [0.05, 0.1) is 11.4 Å². The van der Waals surface area contributed by atoms with E-state index in [1.54, 1.807) is 28.0 Å². The molecule has 0 bridgehead atoms. The lowest BCUT2D eigenvalue weighted by atomic mass is 10.1. The number of aryl methyl sites for hydroxylation is 1. The van der Waals surface area contributed by atoms with Crippen molar-refractivity contribution in [2.75, 3.05) is 6.54 Å². The number of hydrogen-bond acceptors (Lipinski definition) is 4. The fourth-order valence-corrected chi connectivity index (χ4v) is 3.59. The second-order valence-corrected chi connectivity index (χ2v) is 7.48. The lowest BCUT2D eigenvalue weighted by Gasteiger charge is -2.05. The minimum absolute atomic E-state index is 0.0968. The molecule has 1 fully saturated rings. The first-order valence-electron chi connectivity index (χ1n) is 8.71. The van der Waals surface area contributed by atoms with E-state index in [0.29, 0.717) is 18.7 Å². The highest BCUT2D eigenvalue weighted by molar-refractivity contribution is 7.13. The molecule has 0 radical (unpaired) electrons. The summed E-state index contributed by atoms with van der Waals surface area (Å²) in [6, 6.07) is 11.6. The Kier molecular flexibility index (Phi) is 4.46. The monoisotopic (exact) mass is 368 g/mol. The largest absolute Gasteiger partial charge is 0.350 e. The van der Waals surface area contributed by atoms with Gasteiger partial charge in [0.2, 0.25) is 0 Å². The number of thiophene rings is 1. The summed E-state index contributed by atoms with van der Waals surface area (Å²) in [4.78, 5) is 25.9. The molecule has 4 rings (SSSR count). The van der Waals surface area contributed by atoms with Crippen molar-refractivity contribution in [2.45, 2.75) is 32.4 Å². The highest BCUT2D eigenvalue weighted by Gasteiger charge is 2.30. The first-order valence-corrected chi connectivity index (χ1v) is 9.59. The topological polar surface area (TPSA) is 68.9 Å². The summed E-state index contributed by atoms with van der Waals surface area (Å²) in [5.74, 6) is 0.593. The van der Waals surface area contributed by atoms with Gasteiger partial charge < -0.3 is 5.32 Å². The van der Waals surface area contributed by atoms with Crippen molar-refractivity contribution in [3.05, 3.63) is 63.4 Å². The number of hydrogen-bond donors (Lipinski definition) is 1. The van der Waals surface area contributed by atoms with E-state index in [9.17, 15) is 9.59 Å². The standard InChI is InChI=1S/C19H20N4O2S/c1-13-4-6-14(7-5-13)18(24)20-10-11-22-19(25)23(15-8-9-15)17(21-22)16-3-2-12-26-16/h2-7,12,15H,8-11H2,1H3,(H,20,24). The number of carbonyl (C=O) groups excluding carboxylic acids is 1. The van der Waals surface area contributed by atoms with Gasteiger partial charge in [0, 0.05) is 18.2 Å². The zero-order valence-corrected chi connectivity index (χ0v) is 15.3. The molecule has 0 spiro atoms. The number of benzene rings is 1. The van der Waals surface area contributed by atoms with Crippen LogP contribution in [0, 0.1) is 6.92 Å². The van der Waals surface area contributed by atoms with E-state index in [1.807, 2.05) is 36.6 Å². The van der Waals surface area contributed by atoms with Crippen LogP contribution < -0.4 is 11.0 Å². The zero-order chi connectivity index (χ0) is 18.1. The molecule has 1 aliphatic carbocycles. The molecule has 2 heterocycles. The van der Waals surface area contributed by atoms with Crippen LogP contribution in [0.25, 0.3) is 10.7 Å². The maximum Gasteiger partial charge on any atom is 0.346 e. The summed E-state index contributed by atoms with van der Waals surface area (Å²) in [7, 11) is 0. The summed E-state index contributed by atoms with van der Waals surface area (Å²) in [5.41, 5.74) is 1.63. The second kappa shape index (κ2) is 6.92. The Labute approximate surface area is 155 Å². The molecule has 26 heavy (non-hydrogen) atoms. The van der Waals surface area contributed by atoms with Crippen LogP contribution in [0.5, 0.6) is 0 Å². The Morgan fingerprint density at radius 3 is 2.69 bits per heavy atom. The van der Waals surface area contributed by atoms with Crippen molar-refractivity contribution < 1.29 is 4.79 Å². The lowest BCUT2D eigenvalue weighted by molar-refractivity contribution is 0.0952. The second-order valence-electron chi connectivity index (χ2n) is 6.53. The molecule has 1 aliphatic rings. The maximum absolute atomic E-state index is 12.7. The zero-order valence-electron chi connectivity index (χ0n) is 14.5. The van der Waals surface area contributed by atoms with Gasteiger partial charge in [0.15, 0.2) is 5.82 Å². The molecule has 3 aromatic rings. The summed E-state index contributed by atoms with van der Waals surface area (Å²) in [6.07, 6.45) is 2.04. The molecule has 1 aromatic carbocycles. The van der Waals surface area contributed by atoms with Gasteiger partial charge in [0.25, 0.3) is 5.91 Å². The van der Waals surface area contributed by atoms with Gasteiger partial charge in [-0.3, -0.25) is 9.36 Å². The maximum atomic E-state index is 12.7. The lowest BCUT2D eigenvalue weighted by Crippen LogP contribution is -2.32. The van der Waals surface area contributed by atoms with E-state index in [2.05, 4.69) is 10.4 Å². The van der Waals surface area contributed by atoms with Crippen LogP contribution in [-0.4, -0.2) is 26.8 Å². The van der Waals surface area contributed by atoms with E-state index < -0.39 is 0 Å². The smallest absolute Gasteiger partial charge is 0.346 e. The molecule has 0 unspecified atom stereocenters. The number of carbonyl (C=O) groups is 1. The number of aromatic nitrogens is 3. The number of amides is 1. The Hall–Kier alpha value is -2.67. The highest BCUT2D eigenvalue weighted by Crippen LogP contribution is 2.37. The summed E-state index contributed by atoms with van der Waals surface area (Å²) in [6.45, 7) is 2.70. The van der Waals surface area contributed by atoms with Gasteiger partial charge in [-0.2, -0.15) is 0 Å². The van der Waals surface area contributed by atoms with Crippen molar-refractivity contribution in [3.8, 4) is 10.7 Å². The van der Waals surface area contributed by atoms with Crippen molar-refractivity contribution in [1.29, 1.82) is 0 Å². The molecule has 7 heteroatoms. The third-order valence-corrected chi connectivity index (χ3v) is 5.31. The van der Waals surface area contributed by atoms with Crippen molar-refractivity contribution in [1.82, 2.24) is 19.7 Å². The molecule has 0 aliphatic heterocycles. The molecule has 2 aromatic heterocycles. The molecule has 1 N–H and O–H groups in total. The molecule has 0 atom stereocenters. The van der Waals surface area contributed by atoms with E-state index in [4.69, 9.17) is 0 Å². The van der Waals surface area contributed by atoms with Crippen LogP contribution in [0.15, 0.2) is 46.6 Å². The van der Waals surface area contributed by atoms with E-state index in [0.717, 1.165) is 29.1 Å². The Morgan fingerprint density at radius 2 is 2.04 bits per heavy atom. The van der Waals surface area contributed by atoms with Gasteiger partial charge in [-0.05, 0) is 43.3 Å². The average molecular weight is 368 g/mol. The summed E-state index contributed by atoms with van der Waals surface area (Å²) >= 11 is 1.58. The van der Waals surface area contributed by atoms with Gasteiger partial charge >= 0.3 is 5.69 Å². The predicted molar refractivity (Wildman–Crippen MR) is 102 cm³/mol. The highest BCUT2D eigenvalue weighted by atomic mass is 32.1. The van der Waals surface area contributed by atoms with Gasteiger partial charge in [-0.15, -0.1) is 16.4 Å². The van der Waals surface area contributed by atoms with Crippen LogP contribution in [0.2, 0.25) is 0 Å². The SMILES string of the molecule is Cc1ccc(C(=O)NCCn2nc(-c3cccs3)n(C3CC3)c2=O)cc1. The Bertz CT molecular complexity index is 966. The molecule has 134 valence electrons. The molecule has 6 nitrogen and oxygen atoms in total. The first kappa shape index (κ1) is 16.8. The molecular formula is C19H20N4O2S. The third kappa shape index (κ3) is 3.35. The number of nitrogens with one attached hydrogen (secondary N) is 1. The summed E-state index contributed by atoms with van der Waals surface area (Å²) < 4.78 is 3.26. The van der Waals surface area contributed by atoms with Crippen LogP contribution in [0.3, 0.4) is 0 Å². The Morgan fingerprint density at radius 1 is 1.27 bits per heavy atom. The van der Waals surface area contributed by atoms with Crippen LogP contribution in [-0.2, 0) is 6.54 Å². The third-order valence-electron chi connectivity index (χ3n) is 4.45. The fourth-order valence-electron chi connectivity index (χ4n) is 2.88. The minimum Gasteiger partial charge on any atom is -0.350 e. The Balaban J connectivity index is 1.47. The van der Waals surface area contributed by atoms with E-state index >= 15 is 0 Å². The normalized spacial score (nSPS) is 13.7. The molecule has 1 amide bonds. The van der Waals surface area contributed by atoms with Crippen LogP contribution in [0.4, 0.5) is 0 Å².